The number of nitrogens with zero attached hydrogens (tertiary/aromatic N) is 3. The van der Waals surface area contributed by atoms with Gasteiger partial charge >= 0.3 is 5.97 Å². The van der Waals surface area contributed by atoms with Crippen LogP contribution in [0, 0.1) is 5.92 Å². The van der Waals surface area contributed by atoms with Crippen molar-refractivity contribution in [1.29, 1.82) is 0 Å². The predicted octanol–water partition coefficient (Wildman–Crippen LogP) is 4.24. The molecule has 2 aliphatic heterocycles. The van der Waals surface area contributed by atoms with Crippen molar-refractivity contribution in [3.8, 4) is 0 Å². The Hall–Kier alpha value is -2.58. The molecule has 0 radical (unpaired) electrons. The summed E-state index contributed by atoms with van der Waals surface area (Å²) in [6, 6.07) is 8.15. The van der Waals surface area contributed by atoms with Crippen molar-refractivity contribution in [3.63, 3.8) is 0 Å². The maximum absolute atomic E-state index is 11.9. The van der Waals surface area contributed by atoms with Crippen LogP contribution in [0.2, 0.25) is 5.02 Å². The Labute approximate surface area is 193 Å². The molecule has 0 saturated carbocycles. The second-order valence-corrected chi connectivity index (χ2v) is 8.50. The van der Waals surface area contributed by atoms with E-state index in [-0.39, 0.29) is 18.0 Å². The molecule has 3 heterocycles. The van der Waals surface area contributed by atoms with Crippen molar-refractivity contribution in [2.45, 2.75) is 38.7 Å². The summed E-state index contributed by atoms with van der Waals surface area (Å²) in [6.07, 6.45) is 5.58. The quantitative estimate of drug-likeness (QED) is 0.566. The molecule has 0 spiro atoms. The minimum atomic E-state index is -0.0701. The fourth-order valence-electron chi connectivity index (χ4n) is 4.09. The normalized spacial score (nSPS) is 19.1. The van der Waals surface area contributed by atoms with Crippen LogP contribution in [0.3, 0.4) is 0 Å². The molecule has 2 fully saturated rings. The maximum Gasteiger partial charge on any atom is 0.309 e. The van der Waals surface area contributed by atoms with Crippen LogP contribution in [0.5, 0.6) is 0 Å². The lowest BCUT2D eigenvalue weighted by molar-refractivity contribution is -0.148. The third-order valence-electron chi connectivity index (χ3n) is 5.87. The minimum absolute atomic E-state index is 0.0113. The van der Waals surface area contributed by atoms with Crippen molar-refractivity contribution in [2.24, 2.45) is 5.92 Å². The molecule has 2 aromatic rings. The van der Waals surface area contributed by atoms with Crippen LogP contribution in [-0.2, 0) is 14.3 Å². The number of hydrogen-bond donors (Lipinski definition) is 2. The number of rotatable bonds is 8. The van der Waals surface area contributed by atoms with Crippen LogP contribution < -0.4 is 15.5 Å². The van der Waals surface area contributed by atoms with Gasteiger partial charge in [-0.2, -0.15) is 4.98 Å². The van der Waals surface area contributed by atoms with Gasteiger partial charge in [-0.25, -0.2) is 4.98 Å². The summed E-state index contributed by atoms with van der Waals surface area (Å²) in [7, 11) is 0. The van der Waals surface area contributed by atoms with E-state index in [1.54, 1.807) is 6.20 Å². The molecule has 32 heavy (non-hydrogen) atoms. The summed E-state index contributed by atoms with van der Waals surface area (Å²) >= 11 is 6.25. The highest BCUT2D eigenvalue weighted by atomic mass is 35.5. The number of piperidine rings is 1. The number of nitrogens with one attached hydrogen (secondary N) is 2. The van der Waals surface area contributed by atoms with E-state index in [0.29, 0.717) is 29.9 Å². The van der Waals surface area contributed by atoms with Crippen LogP contribution in [0.25, 0.3) is 0 Å². The monoisotopic (exact) mass is 459 g/mol. The summed E-state index contributed by atoms with van der Waals surface area (Å²) in [5.74, 6) is 1.02. The van der Waals surface area contributed by atoms with Gasteiger partial charge in [-0.05, 0) is 56.9 Å². The van der Waals surface area contributed by atoms with E-state index >= 15 is 0 Å². The zero-order valence-electron chi connectivity index (χ0n) is 18.3. The Kier molecular flexibility index (Phi) is 7.65. The number of anilines is 4. The number of carbonyl (C=O) groups is 1. The van der Waals surface area contributed by atoms with Crippen molar-refractivity contribution in [2.75, 3.05) is 48.4 Å². The molecule has 4 rings (SSSR count). The number of benzene rings is 1. The summed E-state index contributed by atoms with van der Waals surface area (Å²) < 4.78 is 10.8. The Morgan fingerprint density at radius 2 is 2.03 bits per heavy atom. The third-order valence-corrected chi connectivity index (χ3v) is 6.15. The number of carbonyl (C=O) groups excluding carboxylic acids is 1. The molecule has 0 unspecified atom stereocenters. The first kappa shape index (κ1) is 22.6. The lowest BCUT2D eigenvalue weighted by atomic mass is 9.96. The molecule has 1 aromatic carbocycles. The zero-order chi connectivity index (χ0) is 22.3. The highest BCUT2D eigenvalue weighted by Crippen LogP contribution is 2.27. The second-order valence-electron chi connectivity index (χ2n) is 8.09. The molecule has 0 bridgehead atoms. The topological polar surface area (TPSA) is 88.6 Å². The molecule has 0 amide bonds. The number of esters is 1. The van der Waals surface area contributed by atoms with Gasteiger partial charge in [0.1, 0.15) is 5.02 Å². The third kappa shape index (κ3) is 5.81. The van der Waals surface area contributed by atoms with Crippen LogP contribution in [-0.4, -0.2) is 54.9 Å². The average Bonchev–Trinajstić information content (AvgIpc) is 3.34. The molecular weight excluding hydrogens is 430 g/mol. The summed E-state index contributed by atoms with van der Waals surface area (Å²) in [5, 5.41) is 6.98. The first-order valence-electron chi connectivity index (χ1n) is 11.3. The molecule has 0 aliphatic carbocycles. The van der Waals surface area contributed by atoms with Crippen LogP contribution in [0.1, 0.15) is 32.6 Å². The number of ether oxygens (including phenoxy) is 2. The predicted molar refractivity (Wildman–Crippen MR) is 126 cm³/mol. The van der Waals surface area contributed by atoms with Gasteiger partial charge in [0.2, 0.25) is 5.95 Å². The zero-order valence-corrected chi connectivity index (χ0v) is 19.1. The molecule has 1 atom stereocenters. The van der Waals surface area contributed by atoms with Crippen LogP contribution in [0.4, 0.5) is 23.1 Å². The first-order valence-corrected chi connectivity index (χ1v) is 11.7. The molecule has 8 nitrogen and oxygen atoms in total. The first-order chi connectivity index (χ1) is 15.6. The van der Waals surface area contributed by atoms with Gasteiger partial charge in [0.05, 0.1) is 24.8 Å². The maximum atomic E-state index is 11.9. The van der Waals surface area contributed by atoms with E-state index in [1.807, 2.05) is 19.1 Å². The number of hydrogen-bond acceptors (Lipinski definition) is 8. The highest BCUT2D eigenvalue weighted by molar-refractivity contribution is 6.32. The molecule has 9 heteroatoms. The van der Waals surface area contributed by atoms with E-state index in [4.69, 9.17) is 21.1 Å². The molecule has 2 N–H and O–H groups in total. The number of halogens is 1. The van der Waals surface area contributed by atoms with E-state index in [9.17, 15) is 4.79 Å². The van der Waals surface area contributed by atoms with Crippen molar-refractivity contribution in [3.05, 3.63) is 35.5 Å². The second kappa shape index (κ2) is 10.8. The fourth-order valence-corrected chi connectivity index (χ4v) is 4.24. The van der Waals surface area contributed by atoms with E-state index in [0.717, 1.165) is 56.8 Å². The molecule has 2 aliphatic rings. The van der Waals surface area contributed by atoms with Gasteiger partial charge in [-0.3, -0.25) is 4.79 Å². The molecule has 172 valence electrons. The van der Waals surface area contributed by atoms with E-state index in [1.165, 1.54) is 0 Å². The average molecular weight is 460 g/mol. The SMILES string of the molecule is CCOC(=O)C1CCN(c2ccc(Nc3ncc(Cl)c(NC[C@@H]4CCCO4)n3)cc2)CC1. The summed E-state index contributed by atoms with van der Waals surface area (Å²) in [4.78, 5) is 23.0. The summed E-state index contributed by atoms with van der Waals surface area (Å²) in [5.41, 5.74) is 2.02. The molecular formula is C23H30ClN5O3. The van der Waals surface area contributed by atoms with Crippen LogP contribution in [0.15, 0.2) is 30.5 Å². The lowest BCUT2D eigenvalue weighted by Crippen LogP contribution is -2.36. The smallest absolute Gasteiger partial charge is 0.309 e. The number of aromatic nitrogens is 2. The van der Waals surface area contributed by atoms with Crippen LogP contribution >= 0.6 is 11.6 Å². The minimum Gasteiger partial charge on any atom is -0.466 e. The lowest BCUT2D eigenvalue weighted by Gasteiger charge is -2.32. The van der Waals surface area contributed by atoms with Crippen molar-refractivity contribution >= 4 is 40.7 Å². The Bertz CT molecular complexity index is 897. The van der Waals surface area contributed by atoms with Gasteiger partial charge in [-0.15, -0.1) is 0 Å². The fraction of sp³-hybridized carbons (Fsp3) is 0.522. The van der Waals surface area contributed by atoms with Gasteiger partial charge < -0.3 is 25.0 Å². The Morgan fingerprint density at radius 1 is 1.25 bits per heavy atom. The van der Waals surface area contributed by atoms with E-state index in [2.05, 4.69) is 37.6 Å². The van der Waals surface area contributed by atoms with Gasteiger partial charge in [0.25, 0.3) is 0 Å². The Morgan fingerprint density at radius 3 is 2.72 bits per heavy atom. The van der Waals surface area contributed by atoms with Crippen molar-refractivity contribution < 1.29 is 14.3 Å². The van der Waals surface area contributed by atoms with Crippen molar-refractivity contribution in [1.82, 2.24) is 9.97 Å². The van der Waals surface area contributed by atoms with Gasteiger partial charge in [-0.1, -0.05) is 11.6 Å². The van der Waals surface area contributed by atoms with E-state index < -0.39 is 0 Å². The standard InChI is InChI=1S/C23H30ClN5O3/c1-2-31-22(30)16-9-11-29(12-10-16)18-7-5-17(6-8-18)27-23-26-15-20(24)21(28-23)25-14-19-4-3-13-32-19/h5-8,15-16,19H,2-4,9-14H2,1H3,(H2,25,26,27,28)/t19-/m0/s1. The Balaban J connectivity index is 1.32. The molecule has 1 aromatic heterocycles. The molecule has 2 saturated heterocycles. The highest BCUT2D eigenvalue weighted by Gasteiger charge is 2.26. The van der Waals surface area contributed by atoms with Gasteiger partial charge in [0.15, 0.2) is 5.82 Å². The van der Waals surface area contributed by atoms with Gasteiger partial charge in [0, 0.05) is 37.6 Å². The largest absolute Gasteiger partial charge is 0.466 e. The summed E-state index contributed by atoms with van der Waals surface area (Å²) in [6.45, 7) is 5.47.